The Morgan fingerprint density at radius 3 is 1.34 bits per heavy atom. The summed E-state index contributed by atoms with van der Waals surface area (Å²) in [4.78, 5) is 25.4. The van der Waals surface area contributed by atoms with Crippen LogP contribution in [0.15, 0.2) is 0 Å². The van der Waals surface area contributed by atoms with Gasteiger partial charge in [-0.25, -0.2) is 9.59 Å². The van der Waals surface area contributed by atoms with Crippen LogP contribution in [-0.2, 0) is 33.3 Å². The van der Waals surface area contributed by atoms with Crippen molar-refractivity contribution in [2.45, 2.75) is 110 Å². The Kier molecular flexibility index (Phi) is 17.5. The van der Waals surface area contributed by atoms with Crippen LogP contribution in [0.1, 0.15) is 98.8 Å². The molecule has 0 rings (SSSR count). The van der Waals surface area contributed by atoms with Gasteiger partial charge in [0.2, 0.25) is 0 Å². The van der Waals surface area contributed by atoms with E-state index in [0.717, 1.165) is 12.8 Å². The average molecular weight is 463 g/mol. The molecule has 0 spiro atoms. The monoisotopic (exact) mass is 462 g/mol. The first kappa shape index (κ1) is 30.8. The molecule has 32 heavy (non-hydrogen) atoms. The maximum Gasteiger partial charge on any atom is 0.373 e. The zero-order valence-electron chi connectivity index (χ0n) is 20.9. The summed E-state index contributed by atoms with van der Waals surface area (Å²) in [5.74, 6) is -7.31. The zero-order valence-corrected chi connectivity index (χ0v) is 20.9. The molecule has 8 heteroatoms. The van der Waals surface area contributed by atoms with Crippen LogP contribution in [0.5, 0.6) is 0 Å². The molecule has 0 amide bonds. The van der Waals surface area contributed by atoms with Crippen LogP contribution in [0.25, 0.3) is 0 Å². The molecule has 0 atom stereocenters. The van der Waals surface area contributed by atoms with Gasteiger partial charge in [0.25, 0.3) is 0 Å². The van der Waals surface area contributed by atoms with Crippen molar-refractivity contribution >= 4 is 11.9 Å². The molecular weight excluding hydrogens is 416 g/mol. The summed E-state index contributed by atoms with van der Waals surface area (Å²) in [5.41, 5.74) is 0. The molecule has 0 aromatic heterocycles. The van der Waals surface area contributed by atoms with E-state index < -0.39 is 23.5 Å². The molecule has 8 nitrogen and oxygen atoms in total. The number of unbranched alkanes of at least 4 members (excludes halogenated alkanes) is 9. The molecule has 0 aliphatic heterocycles. The number of carboxylic acids is 1. The average Bonchev–Trinajstić information content (AvgIpc) is 2.76. The van der Waals surface area contributed by atoms with Gasteiger partial charge in [0, 0.05) is 26.4 Å². The van der Waals surface area contributed by atoms with Crippen molar-refractivity contribution in [1.82, 2.24) is 0 Å². The van der Waals surface area contributed by atoms with Crippen LogP contribution in [-0.4, -0.2) is 61.7 Å². The third-order valence-corrected chi connectivity index (χ3v) is 5.11. The van der Waals surface area contributed by atoms with Gasteiger partial charge in [0.15, 0.2) is 0 Å². The van der Waals surface area contributed by atoms with Gasteiger partial charge in [-0.15, -0.1) is 0 Å². The second kappa shape index (κ2) is 18.2. The molecule has 0 saturated carbocycles. The second-order valence-electron chi connectivity index (χ2n) is 7.59. The van der Waals surface area contributed by atoms with Crippen molar-refractivity contribution in [2.24, 2.45) is 0 Å². The van der Waals surface area contributed by atoms with E-state index in [9.17, 15) is 14.7 Å². The smallest absolute Gasteiger partial charge is 0.373 e. The van der Waals surface area contributed by atoms with Gasteiger partial charge >= 0.3 is 23.5 Å². The predicted molar refractivity (Wildman–Crippen MR) is 122 cm³/mol. The van der Waals surface area contributed by atoms with Crippen molar-refractivity contribution in [2.75, 3.05) is 33.0 Å². The Bertz CT molecular complexity index is 482. The van der Waals surface area contributed by atoms with E-state index in [1.54, 1.807) is 27.7 Å². The van der Waals surface area contributed by atoms with E-state index in [4.69, 9.17) is 23.7 Å². The van der Waals surface area contributed by atoms with E-state index >= 15 is 0 Å². The van der Waals surface area contributed by atoms with E-state index in [1.807, 2.05) is 0 Å². The van der Waals surface area contributed by atoms with Gasteiger partial charge in [0.05, 0.1) is 6.61 Å². The van der Waals surface area contributed by atoms with Crippen molar-refractivity contribution in [1.29, 1.82) is 0 Å². The van der Waals surface area contributed by atoms with Crippen LogP contribution >= 0.6 is 0 Å². The first-order valence-corrected chi connectivity index (χ1v) is 12.4. The third-order valence-electron chi connectivity index (χ3n) is 5.11. The fraction of sp³-hybridized carbons (Fsp3) is 0.917. The lowest BCUT2D eigenvalue weighted by Gasteiger charge is -2.42. The number of carboxylic acid groups (broad SMARTS) is 1. The highest BCUT2D eigenvalue weighted by molar-refractivity contribution is 5.89. The molecule has 0 aliphatic carbocycles. The first-order chi connectivity index (χ1) is 15.4. The molecule has 0 aliphatic rings. The fourth-order valence-electron chi connectivity index (χ4n) is 3.64. The number of hydrogen-bond donors (Lipinski definition) is 1. The summed E-state index contributed by atoms with van der Waals surface area (Å²) in [5, 5.41) is 9.97. The maximum atomic E-state index is 13.1. The molecule has 0 unspecified atom stereocenters. The lowest BCUT2D eigenvalue weighted by Crippen LogP contribution is -2.69. The Hall–Kier alpha value is -1.22. The summed E-state index contributed by atoms with van der Waals surface area (Å²) in [6.07, 6.45) is 11.5. The van der Waals surface area contributed by atoms with Crippen molar-refractivity contribution in [3.05, 3.63) is 0 Å². The molecule has 0 heterocycles. The Labute approximate surface area is 194 Å². The topological polar surface area (TPSA) is 101 Å². The highest BCUT2D eigenvalue weighted by Gasteiger charge is 2.68. The highest BCUT2D eigenvalue weighted by atomic mass is 16.8. The summed E-state index contributed by atoms with van der Waals surface area (Å²) in [6.45, 7) is 8.79. The number of carbonyl (C=O) groups is 2. The van der Waals surface area contributed by atoms with Crippen molar-refractivity contribution < 1.29 is 38.4 Å². The largest absolute Gasteiger partial charge is 0.477 e. The molecule has 190 valence electrons. The minimum atomic E-state index is -2.47. The summed E-state index contributed by atoms with van der Waals surface area (Å²) in [6, 6.07) is 0. The van der Waals surface area contributed by atoms with E-state index in [0.29, 0.717) is 6.42 Å². The summed E-state index contributed by atoms with van der Waals surface area (Å²) < 4.78 is 27.5. The normalized spacial score (nSPS) is 12.2. The molecule has 0 bridgehead atoms. The Balaban J connectivity index is 4.95. The van der Waals surface area contributed by atoms with Gasteiger partial charge in [-0.2, -0.15) is 0 Å². The van der Waals surface area contributed by atoms with Crippen LogP contribution < -0.4 is 0 Å². The molecule has 0 radical (unpaired) electrons. The number of ether oxygens (including phenoxy) is 5. The number of carbonyl (C=O) groups excluding carboxylic acids is 1. The number of esters is 1. The summed E-state index contributed by atoms with van der Waals surface area (Å²) in [7, 11) is 0. The minimum absolute atomic E-state index is 0.00251. The fourth-order valence-corrected chi connectivity index (χ4v) is 3.64. The maximum absolute atomic E-state index is 13.1. The van der Waals surface area contributed by atoms with Gasteiger partial charge in [-0.05, 0) is 34.1 Å². The quantitative estimate of drug-likeness (QED) is 0.135. The Morgan fingerprint density at radius 1 is 0.594 bits per heavy atom. The Morgan fingerprint density at radius 2 is 0.969 bits per heavy atom. The minimum Gasteiger partial charge on any atom is -0.477 e. The van der Waals surface area contributed by atoms with Gasteiger partial charge in [-0.3, -0.25) is 0 Å². The third kappa shape index (κ3) is 9.33. The van der Waals surface area contributed by atoms with Crippen molar-refractivity contribution in [3.63, 3.8) is 0 Å². The lowest BCUT2D eigenvalue weighted by molar-refractivity contribution is -0.382. The van der Waals surface area contributed by atoms with Gasteiger partial charge < -0.3 is 28.8 Å². The highest BCUT2D eigenvalue weighted by Crippen LogP contribution is 2.35. The van der Waals surface area contributed by atoms with Gasteiger partial charge in [0.1, 0.15) is 0 Å². The molecule has 0 saturated heterocycles. The second-order valence-corrected chi connectivity index (χ2v) is 7.59. The number of hydrogen-bond acceptors (Lipinski definition) is 7. The lowest BCUT2D eigenvalue weighted by atomic mass is 10.0. The molecule has 0 fully saturated rings. The molecule has 0 aromatic carbocycles. The van der Waals surface area contributed by atoms with Crippen LogP contribution in [0.4, 0.5) is 0 Å². The predicted octanol–water partition coefficient (Wildman–Crippen LogP) is 5.07. The summed E-state index contributed by atoms with van der Waals surface area (Å²) >= 11 is 0. The van der Waals surface area contributed by atoms with E-state index in [1.165, 1.54) is 44.9 Å². The van der Waals surface area contributed by atoms with Crippen LogP contribution in [0, 0.1) is 0 Å². The van der Waals surface area contributed by atoms with E-state index in [2.05, 4.69) is 6.92 Å². The van der Waals surface area contributed by atoms with Crippen molar-refractivity contribution in [3.8, 4) is 0 Å². The standard InChI is InChI=1S/C24H46O8/c1-6-11-12-13-14-15-16-17-18-19-20-28-22(27)24(31-9-4,32-10-5)23(21(25)26,29-7-2)30-8-3/h6-20H2,1-5H3,(H,25,26). The number of rotatable bonds is 22. The first-order valence-electron chi connectivity index (χ1n) is 12.4. The number of aliphatic carboxylic acids is 1. The molecular formula is C24H46O8. The van der Waals surface area contributed by atoms with Crippen LogP contribution in [0.3, 0.4) is 0 Å². The molecule has 1 N–H and O–H groups in total. The van der Waals surface area contributed by atoms with Gasteiger partial charge in [-0.1, -0.05) is 64.7 Å². The molecule has 0 aromatic rings. The SMILES string of the molecule is CCCCCCCCCCCCOC(=O)C(OCC)(OCC)C(OCC)(OCC)C(=O)O. The van der Waals surface area contributed by atoms with Crippen LogP contribution in [0.2, 0.25) is 0 Å². The van der Waals surface area contributed by atoms with E-state index in [-0.39, 0.29) is 33.0 Å². The zero-order chi connectivity index (χ0) is 24.3.